The molecule has 0 aliphatic carbocycles. The monoisotopic (exact) mass is 367 g/mol. The van der Waals surface area contributed by atoms with Crippen molar-refractivity contribution in [3.05, 3.63) is 35.9 Å². The number of amides is 1. The standard InChI is InChI=1S/C17H21NO8/c1-24-12(19)9-11(16(22)25-2)13(17(23)26-3)18-15(21)14(20)10-7-5-4-6-8-10/h4-8,11,13-14,20H,9H2,1-3H3,(H,18,21)/t11-,13+,14-/m0/s1. The zero-order chi connectivity index (χ0) is 19.7. The quantitative estimate of drug-likeness (QED) is 0.475. The minimum atomic E-state index is -1.58. The van der Waals surface area contributed by atoms with E-state index < -0.39 is 48.3 Å². The molecule has 0 saturated carbocycles. The first-order valence-corrected chi connectivity index (χ1v) is 7.61. The Morgan fingerprint density at radius 2 is 1.54 bits per heavy atom. The third-order valence-corrected chi connectivity index (χ3v) is 3.64. The maximum Gasteiger partial charge on any atom is 0.329 e. The third kappa shape index (κ3) is 5.55. The summed E-state index contributed by atoms with van der Waals surface area (Å²) in [7, 11) is 3.24. The molecule has 0 aliphatic rings. The second-order valence-electron chi connectivity index (χ2n) is 5.23. The second-order valence-corrected chi connectivity index (χ2v) is 5.23. The Morgan fingerprint density at radius 3 is 2.04 bits per heavy atom. The molecular formula is C17H21NO8. The van der Waals surface area contributed by atoms with Crippen molar-refractivity contribution in [2.24, 2.45) is 5.92 Å². The molecule has 0 aliphatic heterocycles. The van der Waals surface area contributed by atoms with Crippen LogP contribution >= 0.6 is 0 Å². The lowest BCUT2D eigenvalue weighted by atomic mass is 9.95. The highest BCUT2D eigenvalue weighted by Crippen LogP contribution is 2.17. The smallest absolute Gasteiger partial charge is 0.329 e. The molecule has 1 aromatic rings. The van der Waals surface area contributed by atoms with Crippen molar-refractivity contribution in [3.63, 3.8) is 0 Å². The highest BCUT2D eigenvalue weighted by atomic mass is 16.5. The van der Waals surface area contributed by atoms with E-state index in [-0.39, 0.29) is 5.56 Å². The Hall–Kier alpha value is -2.94. The van der Waals surface area contributed by atoms with Gasteiger partial charge in [0, 0.05) is 0 Å². The van der Waals surface area contributed by atoms with Crippen LogP contribution in [0.25, 0.3) is 0 Å². The van der Waals surface area contributed by atoms with Crippen LogP contribution in [0.2, 0.25) is 0 Å². The van der Waals surface area contributed by atoms with Crippen molar-refractivity contribution in [1.29, 1.82) is 0 Å². The summed E-state index contributed by atoms with van der Waals surface area (Å²) in [5.41, 5.74) is 0.288. The highest BCUT2D eigenvalue weighted by Gasteiger charge is 2.39. The number of esters is 3. The van der Waals surface area contributed by atoms with E-state index >= 15 is 0 Å². The van der Waals surface area contributed by atoms with E-state index in [0.717, 1.165) is 21.3 Å². The van der Waals surface area contributed by atoms with Crippen LogP contribution in [0.3, 0.4) is 0 Å². The molecule has 0 bridgehead atoms. The topological polar surface area (TPSA) is 128 Å². The van der Waals surface area contributed by atoms with E-state index in [4.69, 9.17) is 0 Å². The van der Waals surface area contributed by atoms with Crippen LogP contribution in [0.15, 0.2) is 30.3 Å². The Balaban J connectivity index is 3.06. The van der Waals surface area contributed by atoms with Gasteiger partial charge in [-0.3, -0.25) is 14.4 Å². The zero-order valence-corrected chi connectivity index (χ0v) is 14.6. The average Bonchev–Trinajstić information content (AvgIpc) is 2.68. The summed E-state index contributed by atoms with van der Waals surface area (Å²) in [5, 5.41) is 12.4. The predicted octanol–water partition coefficient (Wildman–Crippen LogP) is -0.270. The van der Waals surface area contributed by atoms with Gasteiger partial charge in [0.05, 0.1) is 33.7 Å². The normalized spacial score (nSPS) is 13.7. The highest BCUT2D eigenvalue weighted by molar-refractivity contribution is 5.92. The second kappa shape index (κ2) is 10.1. The van der Waals surface area contributed by atoms with E-state index in [2.05, 4.69) is 19.5 Å². The van der Waals surface area contributed by atoms with Gasteiger partial charge in [-0.1, -0.05) is 30.3 Å². The summed E-state index contributed by atoms with van der Waals surface area (Å²) in [6.45, 7) is 0. The number of ether oxygens (including phenoxy) is 3. The van der Waals surface area contributed by atoms with Gasteiger partial charge in [-0.05, 0) is 5.56 Å². The molecule has 1 rings (SSSR count). The van der Waals surface area contributed by atoms with Gasteiger partial charge < -0.3 is 24.6 Å². The van der Waals surface area contributed by atoms with Crippen LogP contribution in [-0.4, -0.2) is 56.3 Å². The van der Waals surface area contributed by atoms with Crippen molar-refractivity contribution in [1.82, 2.24) is 5.32 Å². The average molecular weight is 367 g/mol. The maximum atomic E-state index is 12.3. The van der Waals surface area contributed by atoms with E-state index in [0.29, 0.717) is 0 Å². The molecule has 1 aromatic carbocycles. The number of hydrogen-bond acceptors (Lipinski definition) is 8. The van der Waals surface area contributed by atoms with Gasteiger partial charge in [0.15, 0.2) is 6.10 Å². The lowest BCUT2D eigenvalue weighted by molar-refractivity contribution is -0.159. The fourth-order valence-electron chi connectivity index (χ4n) is 2.22. The van der Waals surface area contributed by atoms with Crippen molar-refractivity contribution >= 4 is 23.8 Å². The summed E-state index contributed by atoms with van der Waals surface area (Å²) in [5.74, 6) is -5.00. The Morgan fingerprint density at radius 1 is 0.962 bits per heavy atom. The van der Waals surface area contributed by atoms with Gasteiger partial charge in [-0.2, -0.15) is 0 Å². The van der Waals surface area contributed by atoms with Crippen LogP contribution in [0.1, 0.15) is 18.1 Å². The minimum absolute atomic E-state index is 0.288. The van der Waals surface area contributed by atoms with Gasteiger partial charge >= 0.3 is 17.9 Å². The number of carbonyl (C=O) groups excluding carboxylic acids is 4. The van der Waals surface area contributed by atoms with Gasteiger partial charge in [0.1, 0.15) is 6.04 Å². The number of aliphatic hydroxyl groups is 1. The van der Waals surface area contributed by atoms with Crippen LogP contribution < -0.4 is 5.32 Å². The lowest BCUT2D eigenvalue weighted by Gasteiger charge is -2.24. The molecule has 0 unspecified atom stereocenters. The molecule has 3 atom stereocenters. The molecule has 9 nitrogen and oxygen atoms in total. The largest absolute Gasteiger partial charge is 0.469 e. The van der Waals surface area contributed by atoms with Crippen LogP contribution in [0.5, 0.6) is 0 Å². The molecular weight excluding hydrogens is 346 g/mol. The number of methoxy groups -OCH3 is 3. The number of benzene rings is 1. The summed E-state index contributed by atoms with van der Waals surface area (Å²) in [6, 6.07) is 6.44. The zero-order valence-electron chi connectivity index (χ0n) is 14.6. The van der Waals surface area contributed by atoms with E-state index in [1.165, 1.54) is 12.1 Å². The summed E-state index contributed by atoms with van der Waals surface area (Å²) >= 11 is 0. The SMILES string of the molecule is COC(=O)C[C@H](C(=O)OC)[C@@H](NC(=O)[C@@H](O)c1ccccc1)C(=O)OC. The van der Waals surface area contributed by atoms with Crippen molar-refractivity contribution in [2.75, 3.05) is 21.3 Å². The van der Waals surface area contributed by atoms with Crippen LogP contribution in [0.4, 0.5) is 0 Å². The minimum Gasteiger partial charge on any atom is -0.469 e. The Bertz CT molecular complexity index is 645. The molecule has 9 heteroatoms. The Labute approximate surface area is 150 Å². The molecule has 142 valence electrons. The van der Waals surface area contributed by atoms with Crippen molar-refractivity contribution in [3.8, 4) is 0 Å². The molecule has 0 heterocycles. The number of hydrogen-bond donors (Lipinski definition) is 2. The predicted molar refractivity (Wildman–Crippen MR) is 87.5 cm³/mol. The van der Waals surface area contributed by atoms with Gasteiger partial charge in [0.2, 0.25) is 0 Å². The van der Waals surface area contributed by atoms with Crippen LogP contribution in [0, 0.1) is 5.92 Å². The third-order valence-electron chi connectivity index (χ3n) is 3.64. The number of nitrogens with one attached hydrogen (secondary N) is 1. The van der Waals surface area contributed by atoms with Crippen molar-refractivity contribution in [2.45, 2.75) is 18.6 Å². The molecule has 2 N–H and O–H groups in total. The number of carbonyl (C=O) groups is 4. The fraction of sp³-hybridized carbons (Fsp3) is 0.412. The first-order chi connectivity index (χ1) is 12.3. The first-order valence-electron chi connectivity index (χ1n) is 7.61. The maximum absolute atomic E-state index is 12.3. The van der Waals surface area contributed by atoms with E-state index in [9.17, 15) is 24.3 Å². The van der Waals surface area contributed by atoms with E-state index in [1.807, 2.05) is 0 Å². The molecule has 1 amide bonds. The Kier molecular flexibility index (Phi) is 8.23. The summed E-state index contributed by atoms with van der Waals surface area (Å²) < 4.78 is 13.7. The molecule has 0 aromatic heterocycles. The summed E-state index contributed by atoms with van der Waals surface area (Å²) in [6.07, 6.45) is -2.11. The number of aliphatic hydroxyl groups excluding tert-OH is 1. The summed E-state index contributed by atoms with van der Waals surface area (Å²) in [4.78, 5) is 47.9. The van der Waals surface area contributed by atoms with Crippen LogP contribution in [-0.2, 0) is 33.4 Å². The van der Waals surface area contributed by atoms with Gasteiger partial charge in [-0.25, -0.2) is 4.79 Å². The molecule has 0 fully saturated rings. The van der Waals surface area contributed by atoms with Gasteiger partial charge in [-0.15, -0.1) is 0 Å². The molecule has 26 heavy (non-hydrogen) atoms. The molecule has 0 radical (unpaired) electrons. The first kappa shape index (κ1) is 21.1. The molecule has 0 spiro atoms. The fourth-order valence-corrected chi connectivity index (χ4v) is 2.22. The number of rotatable bonds is 8. The lowest BCUT2D eigenvalue weighted by Crippen LogP contribution is -2.51. The van der Waals surface area contributed by atoms with Crippen molar-refractivity contribution < 1.29 is 38.5 Å². The van der Waals surface area contributed by atoms with Gasteiger partial charge in [0.25, 0.3) is 5.91 Å². The molecule has 0 saturated heterocycles. The van der Waals surface area contributed by atoms with E-state index in [1.54, 1.807) is 18.2 Å².